The standard InChI is InChI=1S/C15H26N2/c1-4-13(3)11-15(5-2)17-10-8-14-7-6-9-16-12-14/h6-7,9,12-13,15,17H,4-5,8,10-11H2,1-3H3. The van der Waals surface area contributed by atoms with E-state index in [4.69, 9.17) is 0 Å². The maximum Gasteiger partial charge on any atom is 0.0300 e. The lowest BCUT2D eigenvalue weighted by molar-refractivity contribution is 0.387. The molecule has 17 heavy (non-hydrogen) atoms. The Morgan fingerprint density at radius 2 is 2.12 bits per heavy atom. The summed E-state index contributed by atoms with van der Waals surface area (Å²) in [7, 11) is 0. The van der Waals surface area contributed by atoms with Crippen LogP contribution in [0.25, 0.3) is 0 Å². The highest BCUT2D eigenvalue weighted by molar-refractivity contribution is 5.08. The Morgan fingerprint density at radius 3 is 2.71 bits per heavy atom. The first-order valence-corrected chi connectivity index (χ1v) is 6.88. The summed E-state index contributed by atoms with van der Waals surface area (Å²) in [6, 6.07) is 4.82. The van der Waals surface area contributed by atoms with Gasteiger partial charge < -0.3 is 5.32 Å². The van der Waals surface area contributed by atoms with Gasteiger partial charge in [-0.1, -0.05) is 33.3 Å². The minimum absolute atomic E-state index is 0.668. The van der Waals surface area contributed by atoms with Crippen molar-refractivity contribution in [2.75, 3.05) is 6.54 Å². The Labute approximate surface area is 106 Å². The summed E-state index contributed by atoms with van der Waals surface area (Å²) in [5, 5.41) is 3.66. The molecule has 1 aromatic heterocycles. The molecule has 0 fully saturated rings. The molecule has 2 nitrogen and oxygen atoms in total. The van der Waals surface area contributed by atoms with E-state index in [0.29, 0.717) is 6.04 Å². The quantitative estimate of drug-likeness (QED) is 0.745. The number of nitrogens with one attached hydrogen (secondary N) is 1. The summed E-state index contributed by atoms with van der Waals surface area (Å²) in [6.45, 7) is 7.93. The molecule has 2 unspecified atom stereocenters. The summed E-state index contributed by atoms with van der Waals surface area (Å²) >= 11 is 0. The molecule has 0 radical (unpaired) electrons. The molecular weight excluding hydrogens is 208 g/mol. The van der Waals surface area contributed by atoms with Crippen LogP contribution in [0.4, 0.5) is 0 Å². The fraction of sp³-hybridized carbons (Fsp3) is 0.667. The second kappa shape index (κ2) is 8.24. The van der Waals surface area contributed by atoms with Gasteiger partial charge in [-0.2, -0.15) is 0 Å². The van der Waals surface area contributed by atoms with E-state index in [1.807, 2.05) is 18.5 Å². The molecule has 0 aromatic carbocycles. The fourth-order valence-electron chi connectivity index (χ4n) is 2.01. The topological polar surface area (TPSA) is 24.9 Å². The van der Waals surface area contributed by atoms with E-state index in [2.05, 4.69) is 37.1 Å². The zero-order valence-corrected chi connectivity index (χ0v) is 11.4. The molecule has 0 amide bonds. The van der Waals surface area contributed by atoms with Crippen LogP contribution in [0.5, 0.6) is 0 Å². The molecule has 96 valence electrons. The van der Waals surface area contributed by atoms with Gasteiger partial charge in [0, 0.05) is 18.4 Å². The van der Waals surface area contributed by atoms with Crippen LogP contribution in [-0.2, 0) is 6.42 Å². The van der Waals surface area contributed by atoms with Crippen molar-refractivity contribution < 1.29 is 0 Å². The molecule has 0 aliphatic rings. The molecule has 2 atom stereocenters. The van der Waals surface area contributed by atoms with Gasteiger partial charge in [-0.25, -0.2) is 0 Å². The Kier molecular flexibility index (Phi) is 6.87. The molecule has 1 rings (SSSR count). The maximum absolute atomic E-state index is 4.14. The SMILES string of the molecule is CCC(C)CC(CC)NCCc1cccnc1. The van der Waals surface area contributed by atoms with Crippen LogP contribution >= 0.6 is 0 Å². The highest BCUT2D eigenvalue weighted by atomic mass is 14.9. The summed E-state index contributed by atoms with van der Waals surface area (Å²) < 4.78 is 0. The zero-order valence-electron chi connectivity index (χ0n) is 11.4. The van der Waals surface area contributed by atoms with Crippen molar-refractivity contribution in [3.63, 3.8) is 0 Å². The first-order valence-electron chi connectivity index (χ1n) is 6.88. The molecule has 0 bridgehead atoms. The normalized spacial score (nSPS) is 14.5. The van der Waals surface area contributed by atoms with Crippen molar-refractivity contribution in [2.24, 2.45) is 5.92 Å². The van der Waals surface area contributed by atoms with Crippen molar-refractivity contribution in [1.29, 1.82) is 0 Å². The molecule has 0 saturated carbocycles. The molecular formula is C15H26N2. The van der Waals surface area contributed by atoms with E-state index < -0.39 is 0 Å². The van der Waals surface area contributed by atoms with Gasteiger partial charge in [-0.05, 0) is 43.4 Å². The third-order valence-electron chi connectivity index (χ3n) is 3.45. The number of pyridine rings is 1. The molecule has 2 heteroatoms. The number of hydrogen-bond donors (Lipinski definition) is 1. The lowest BCUT2D eigenvalue weighted by Gasteiger charge is -2.20. The van der Waals surface area contributed by atoms with Crippen LogP contribution < -0.4 is 5.32 Å². The summed E-state index contributed by atoms with van der Waals surface area (Å²) in [4.78, 5) is 4.14. The smallest absolute Gasteiger partial charge is 0.0300 e. The Balaban J connectivity index is 2.24. The Hall–Kier alpha value is -0.890. The van der Waals surface area contributed by atoms with Gasteiger partial charge in [0.25, 0.3) is 0 Å². The largest absolute Gasteiger partial charge is 0.314 e. The van der Waals surface area contributed by atoms with E-state index in [9.17, 15) is 0 Å². The molecule has 1 N–H and O–H groups in total. The molecule has 1 heterocycles. The average molecular weight is 234 g/mol. The van der Waals surface area contributed by atoms with Crippen molar-refractivity contribution in [3.05, 3.63) is 30.1 Å². The minimum atomic E-state index is 0.668. The first-order chi connectivity index (χ1) is 8.26. The Morgan fingerprint density at radius 1 is 1.29 bits per heavy atom. The molecule has 0 saturated heterocycles. The van der Waals surface area contributed by atoms with Gasteiger partial charge in [-0.15, -0.1) is 0 Å². The van der Waals surface area contributed by atoms with Crippen LogP contribution in [0, 0.1) is 5.92 Å². The van der Waals surface area contributed by atoms with Crippen LogP contribution in [-0.4, -0.2) is 17.6 Å². The van der Waals surface area contributed by atoms with E-state index in [-0.39, 0.29) is 0 Å². The maximum atomic E-state index is 4.14. The van der Waals surface area contributed by atoms with Crippen LogP contribution in [0.1, 0.15) is 45.6 Å². The predicted octanol–water partition coefficient (Wildman–Crippen LogP) is 3.43. The van der Waals surface area contributed by atoms with Crippen LogP contribution in [0.3, 0.4) is 0 Å². The van der Waals surface area contributed by atoms with Crippen molar-refractivity contribution in [1.82, 2.24) is 10.3 Å². The van der Waals surface area contributed by atoms with Gasteiger partial charge in [0.2, 0.25) is 0 Å². The molecule has 0 aliphatic heterocycles. The van der Waals surface area contributed by atoms with E-state index >= 15 is 0 Å². The second-order valence-corrected chi connectivity index (χ2v) is 4.92. The molecule has 0 aliphatic carbocycles. The number of nitrogens with zero attached hydrogens (tertiary/aromatic N) is 1. The van der Waals surface area contributed by atoms with Gasteiger partial charge in [0.15, 0.2) is 0 Å². The van der Waals surface area contributed by atoms with Crippen molar-refractivity contribution >= 4 is 0 Å². The van der Waals surface area contributed by atoms with Gasteiger partial charge in [-0.3, -0.25) is 4.98 Å². The van der Waals surface area contributed by atoms with E-state index in [0.717, 1.165) is 18.9 Å². The number of rotatable bonds is 8. The van der Waals surface area contributed by atoms with Gasteiger partial charge in [0.1, 0.15) is 0 Å². The fourth-order valence-corrected chi connectivity index (χ4v) is 2.01. The van der Waals surface area contributed by atoms with E-state index in [1.54, 1.807) is 0 Å². The lowest BCUT2D eigenvalue weighted by Crippen LogP contribution is -2.31. The van der Waals surface area contributed by atoms with E-state index in [1.165, 1.54) is 24.8 Å². The molecule has 1 aromatic rings. The minimum Gasteiger partial charge on any atom is -0.314 e. The summed E-state index contributed by atoms with van der Waals surface area (Å²) in [5.74, 6) is 0.825. The molecule has 0 spiro atoms. The predicted molar refractivity (Wildman–Crippen MR) is 74.1 cm³/mol. The Bertz CT molecular complexity index is 284. The monoisotopic (exact) mass is 234 g/mol. The summed E-state index contributed by atoms with van der Waals surface area (Å²) in [5.41, 5.74) is 1.32. The van der Waals surface area contributed by atoms with Gasteiger partial charge in [0.05, 0.1) is 0 Å². The highest BCUT2D eigenvalue weighted by Crippen LogP contribution is 2.11. The zero-order chi connectivity index (χ0) is 12.5. The van der Waals surface area contributed by atoms with Crippen LogP contribution in [0.2, 0.25) is 0 Å². The summed E-state index contributed by atoms with van der Waals surface area (Å²) in [6.07, 6.45) is 8.65. The highest BCUT2D eigenvalue weighted by Gasteiger charge is 2.09. The second-order valence-electron chi connectivity index (χ2n) is 4.92. The average Bonchev–Trinajstić information content (AvgIpc) is 2.38. The first kappa shape index (κ1) is 14.2. The van der Waals surface area contributed by atoms with Crippen molar-refractivity contribution in [3.8, 4) is 0 Å². The van der Waals surface area contributed by atoms with Crippen molar-refractivity contribution in [2.45, 2.75) is 52.5 Å². The lowest BCUT2D eigenvalue weighted by atomic mass is 9.97. The third kappa shape index (κ3) is 5.83. The van der Waals surface area contributed by atoms with Crippen LogP contribution in [0.15, 0.2) is 24.5 Å². The van der Waals surface area contributed by atoms with Gasteiger partial charge >= 0.3 is 0 Å². The third-order valence-corrected chi connectivity index (χ3v) is 3.45. The number of hydrogen-bond acceptors (Lipinski definition) is 2. The number of aromatic nitrogens is 1.